The van der Waals surface area contributed by atoms with Crippen LogP contribution in [0.15, 0.2) is 0 Å². The van der Waals surface area contributed by atoms with Gasteiger partial charge < -0.3 is 10.0 Å². The highest BCUT2D eigenvalue weighted by molar-refractivity contribution is 7.93. The summed E-state index contributed by atoms with van der Waals surface area (Å²) in [6, 6.07) is 0. The third kappa shape index (κ3) is 3.45. The van der Waals surface area contributed by atoms with E-state index in [1.54, 1.807) is 0 Å². The molecular weight excluding hydrogens is 230 g/mol. The van der Waals surface area contributed by atoms with E-state index in [9.17, 15) is 13.2 Å². The van der Waals surface area contributed by atoms with E-state index in [0.717, 1.165) is 13.1 Å². The normalized spacial score (nSPS) is 13.1. The van der Waals surface area contributed by atoms with Crippen molar-refractivity contribution in [2.75, 3.05) is 25.4 Å². The predicted octanol–water partition coefficient (Wildman–Crippen LogP) is 0.606. The van der Waals surface area contributed by atoms with Crippen LogP contribution in [0.25, 0.3) is 0 Å². The van der Waals surface area contributed by atoms with Crippen LogP contribution < -0.4 is 0 Å². The Bertz CT molecular complexity index is 331. The van der Waals surface area contributed by atoms with Gasteiger partial charge in [0.25, 0.3) is 0 Å². The number of carbonyl (C=O) groups is 1. The molecule has 0 unspecified atom stereocenters. The quantitative estimate of drug-likeness (QED) is 0.717. The minimum atomic E-state index is -3.62. The molecule has 16 heavy (non-hydrogen) atoms. The lowest BCUT2D eigenvalue weighted by atomic mass is 10.2. The van der Waals surface area contributed by atoms with Gasteiger partial charge in [-0.05, 0) is 26.9 Å². The van der Waals surface area contributed by atoms with Crippen molar-refractivity contribution in [2.24, 2.45) is 0 Å². The summed E-state index contributed by atoms with van der Waals surface area (Å²) >= 11 is 0. The van der Waals surface area contributed by atoms with Crippen LogP contribution in [-0.2, 0) is 14.6 Å². The van der Waals surface area contributed by atoms with Gasteiger partial charge in [0.05, 0.1) is 5.75 Å². The first kappa shape index (κ1) is 15.4. The fourth-order valence-corrected chi connectivity index (χ4v) is 2.45. The molecule has 0 aliphatic rings. The van der Waals surface area contributed by atoms with Crippen LogP contribution in [0, 0.1) is 0 Å². The summed E-state index contributed by atoms with van der Waals surface area (Å²) in [5, 5.41) is 8.86. The van der Waals surface area contributed by atoms with E-state index in [2.05, 4.69) is 0 Å². The topological polar surface area (TPSA) is 74.7 Å². The van der Waals surface area contributed by atoms with Crippen LogP contribution in [0.1, 0.15) is 27.7 Å². The maximum Gasteiger partial charge on any atom is 0.324 e. The van der Waals surface area contributed by atoms with Crippen LogP contribution in [0.2, 0.25) is 0 Å². The molecule has 0 bridgehead atoms. The molecule has 0 heterocycles. The highest BCUT2D eigenvalue weighted by atomic mass is 32.2. The molecule has 0 spiro atoms. The van der Waals surface area contributed by atoms with Crippen molar-refractivity contribution in [2.45, 2.75) is 32.4 Å². The average molecular weight is 251 g/mol. The Morgan fingerprint density at radius 3 is 2.00 bits per heavy atom. The van der Waals surface area contributed by atoms with Crippen molar-refractivity contribution >= 4 is 15.8 Å². The minimum absolute atomic E-state index is 0.117. The monoisotopic (exact) mass is 251 g/mol. The summed E-state index contributed by atoms with van der Waals surface area (Å²) in [6.45, 7) is 8.25. The number of carboxylic acid groups (broad SMARTS) is 1. The smallest absolute Gasteiger partial charge is 0.324 e. The maximum atomic E-state index is 11.8. The van der Waals surface area contributed by atoms with Crippen molar-refractivity contribution in [3.8, 4) is 0 Å². The first-order valence-electron chi connectivity index (χ1n) is 5.37. The molecule has 0 aromatic carbocycles. The maximum absolute atomic E-state index is 11.8. The number of hydrogen-bond donors (Lipinski definition) is 1. The number of nitrogens with zero attached hydrogens (tertiary/aromatic N) is 1. The van der Waals surface area contributed by atoms with Gasteiger partial charge in [-0.2, -0.15) is 0 Å². The molecule has 0 aromatic rings. The van der Waals surface area contributed by atoms with Gasteiger partial charge in [-0.15, -0.1) is 0 Å². The summed E-state index contributed by atoms with van der Waals surface area (Å²) in [5.41, 5.74) is 0. The van der Waals surface area contributed by atoms with Gasteiger partial charge in [0.2, 0.25) is 0 Å². The lowest BCUT2D eigenvalue weighted by Crippen LogP contribution is -2.44. The van der Waals surface area contributed by atoms with E-state index in [-0.39, 0.29) is 5.75 Å². The molecule has 0 saturated heterocycles. The second-order valence-electron chi connectivity index (χ2n) is 4.16. The SMILES string of the molecule is CCN(CC)CCS(=O)(=O)C(C)(C)C(=O)O. The van der Waals surface area contributed by atoms with E-state index in [1.165, 1.54) is 13.8 Å². The molecule has 0 amide bonds. The number of rotatable bonds is 7. The summed E-state index contributed by atoms with van der Waals surface area (Å²) in [7, 11) is -3.62. The van der Waals surface area contributed by atoms with E-state index in [1.807, 2.05) is 18.7 Å². The van der Waals surface area contributed by atoms with Gasteiger partial charge >= 0.3 is 5.97 Å². The molecule has 1 N–H and O–H groups in total. The first-order chi connectivity index (χ1) is 7.19. The van der Waals surface area contributed by atoms with Crippen molar-refractivity contribution in [1.29, 1.82) is 0 Å². The largest absolute Gasteiger partial charge is 0.480 e. The van der Waals surface area contributed by atoms with Gasteiger partial charge in [0.15, 0.2) is 14.6 Å². The van der Waals surface area contributed by atoms with E-state index in [0.29, 0.717) is 6.54 Å². The molecular formula is C10H21NO4S. The minimum Gasteiger partial charge on any atom is -0.480 e. The molecule has 0 rings (SSSR count). The Morgan fingerprint density at radius 2 is 1.69 bits per heavy atom. The van der Waals surface area contributed by atoms with Crippen LogP contribution in [0.3, 0.4) is 0 Å². The second-order valence-corrected chi connectivity index (χ2v) is 6.82. The lowest BCUT2D eigenvalue weighted by molar-refractivity contribution is -0.139. The van der Waals surface area contributed by atoms with Gasteiger partial charge in [-0.3, -0.25) is 4.79 Å². The second kappa shape index (κ2) is 5.63. The fraction of sp³-hybridized carbons (Fsp3) is 0.900. The molecule has 96 valence electrons. The van der Waals surface area contributed by atoms with Crippen molar-refractivity contribution < 1.29 is 18.3 Å². The molecule has 0 aromatic heterocycles. The summed E-state index contributed by atoms with van der Waals surface area (Å²) in [6.07, 6.45) is 0. The van der Waals surface area contributed by atoms with Crippen LogP contribution in [0.4, 0.5) is 0 Å². The molecule has 0 radical (unpaired) electrons. The zero-order valence-electron chi connectivity index (χ0n) is 10.4. The predicted molar refractivity (Wildman–Crippen MR) is 63.3 cm³/mol. The molecule has 0 saturated carbocycles. The molecule has 0 atom stereocenters. The third-order valence-electron chi connectivity index (χ3n) is 2.86. The fourth-order valence-electron chi connectivity index (χ4n) is 1.18. The summed E-state index contributed by atoms with van der Waals surface area (Å²) < 4.78 is 21.9. The van der Waals surface area contributed by atoms with Gasteiger partial charge in [-0.1, -0.05) is 13.8 Å². The van der Waals surface area contributed by atoms with Crippen molar-refractivity contribution in [3.05, 3.63) is 0 Å². The van der Waals surface area contributed by atoms with Crippen LogP contribution in [0.5, 0.6) is 0 Å². The first-order valence-corrected chi connectivity index (χ1v) is 7.02. The van der Waals surface area contributed by atoms with E-state index < -0.39 is 20.6 Å². The van der Waals surface area contributed by atoms with E-state index >= 15 is 0 Å². The molecule has 0 aliphatic heterocycles. The van der Waals surface area contributed by atoms with Gasteiger partial charge in [-0.25, -0.2) is 8.42 Å². The van der Waals surface area contributed by atoms with Crippen LogP contribution >= 0.6 is 0 Å². The standard InChI is InChI=1S/C10H21NO4S/c1-5-11(6-2)7-8-16(14,15)10(3,4)9(12)13/h5-8H2,1-4H3,(H,12,13). The molecule has 0 aliphatic carbocycles. The number of carboxylic acids is 1. The van der Waals surface area contributed by atoms with Crippen molar-refractivity contribution in [3.63, 3.8) is 0 Å². The zero-order valence-corrected chi connectivity index (χ0v) is 11.2. The Morgan fingerprint density at radius 1 is 1.25 bits per heavy atom. The Balaban J connectivity index is 4.65. The molecule has 6 heteroatoms. The highest BCUT2D eigenvalue weighted by Gasteiger charge is 2.41. The summed E-state index contributed by atoms with van der Waals surface area (Å²) in [5.74, 6) is -1.42. The number of sulfone groups is 1. The van der Waals surface area contributed by atoms with Gasteiger partial charge in [0.1, 0.15) is 0 Å². The highest BCUT2D eigenvalue weighted by Crippen LogP contribution is 2.17. The lowest BCUT2D eigenvalue weighted by Gasteiger charge is -2.23. The Labute approximate surface area is 97.4 Å². The Kier molecular flexibility index (Phi) is 5.41. The van der Waals surface area contributed by atoms with E-state index in [4.69, 9.17) is 5.11 Å². The Hall–Kier alpha value is -0.620. The van der Waals surface area contributed by atoms with Crippen molar-refractivity contribution in [1.82, 2.24) is 4.90 Å². The van der Waals surface area contributed by atoms with Crippen LogP contribution in [-0.4, -0.2) is 54.5 Å². The summed E-state index contributed by atoms with van der Waals surface area (Å²) in [4.78, 5) is 12.8. The molecule has 0 fully saturated rings. The zero-order chi connectivity index (χ0) is 13.0. The van der Waals surface area contributed by atoms with Gasteiger partial charge in [0, 0.05) is 6.54 Å². The molecule has 5 nitrogen and oxygen atoms in total. The average Bonchev–Trinajstić information content (AvgIpc) is 2.18. The number of hydrogen-bond acceptors (Lipinski definition) is 4. The number of aliphatic carboxylic acids is 1. The third-order valence-corrected chi connectivity index (χ3v) is 5.31.